The quantitative estimate of drug-likeness (QED) is 0.726. The molecule has 0 amide bonds. The van der Waals surface area contributed by atoms with Gasteiger partial charge in [0.05, 0.1) is 0 Å². The summed E-state index contributed by atoms with van der Waals surface area (Å²) >= 11 is 0. The Morgan fingerprint density at radius 3 is 2.40 bits per heavy atom. The summed E-state index contributed by atoms with van der Waals surface area (Å²) < 4.78 is 5.44. The fraction of sp³-hybridized carbons (Fsp3) is 1.00. The molecule has 1 spiro atoms. The highest BCUT2D eigenvalue weighted by Gasteiger charge is 2.48. The lowest BCUT2D eigenvalue weighted by Crippen LogP contribution is -2.71. The van der Waals surface area contributed by atoms with Gasteiger partial charge in [-0.3, -0.25) is 0 Å². The summed E-state index contributed by atoms with van der Waals surface area (Å²) in [5, 5.41) is 3.39. The monoisotopic (exact) mass is 210 g/mol. The molecule has 0 aliphatic carbocycles. The number of ether oxygens (including phenoxy) is 1. The molecule has 0 unspecified atom stereocenters. The van der Waals surface area contributed by atoms with E-state index in [4.69, 9.17) is 4.74 Å². The van der Waals surface area contributed by atoms with E-state index in [0.29, 0.717) is 10.8 Å². The highest BCUT2D eigenvalue weighted by molar-refractivity contribution is 5.04. The minimum absolute atomic E-state index is 0.525. The number of nitrogens with zero attached hydrogens (tertiary/aromatic N) is 1. The van der Waals surface area contributed by atoms with Crippen LogP contribution in [0.15, 0.2) is 0 Å². The van der Waals surface area contributed by atoms with E-state index in [9.17, 15) is 0 Å². The second-order valence-electron chi connectivity index (χ2n) is 6.17. The van der Waals surface area contributed by atoms with Crippen molar-refractivity contribution in [3.63, 3.8) is 0 Å². The predicted octanol–water partition coefficient (Wildman–Crippen LogP) is 0.708. The molecule has 3 heteroatoms. The molecule has 0 aromatic heterocycles. The van der Waals surface area contributed by atoms with Crippen molar-refractivity contribution in [2.24, 2.45) is 10.8 Å². The molecule has 1 N–H and O–H groups in total. The van der Waals surface area contributed by atoms with Crippen LogP contribution in [0, 0.1) is 10.8 Å². The summed E-state index contributed by atoms with van der Waals surface area (Å²) in [5.74, 6) is 0. The van der Waals surface area contributed by atoms with Crippen molar-refractivity contribution in [3.8, 4) is 0 Å². The van der Waals surface area contributed by atoms with Gasteiger partial charge in [0.25, 0.3) is 0 Å². The molecule has 0 radical (unpaired) electrons. The van der Waals surface area contributed by atoms with E-state index in [1.54, 1.807) is 0 Å². The van der Waals surface area contributed by atoms with E-state index < -0.39 is 0 Å². The van der Waals surface area contributed by atoms with Crippen molar-refractivity contribution in [1.82, 2.24) is 10.2 Å². The second-order valence-corrected chi connectivity index (χ2v) is 6.17. The normalized spacial score (nSPS) is 33.4. The fourth-order valence-electron chi connectivity index (χ4n) is 3.28. The van der Waals surface area contributed by atoms with E-state index in [-0.39, 0.29) is 0 Å². The van der Waals surface area contributed by atoms with Crippen LogP contribution in [0.2, 0.25) is 0 Å². The summed E-state index contributed by atoms with van der Waals surface area (Å²) in [6.45, 7) is 10.8. The molecule has 3 aliphatic rings. The Kier molecular flexibility index (Phi) is 2.31. The van der Waals surface area contributed by atoms with E-state index in [0.717, 1.165) is 13.2 Å². The van der Waals surface area contributed by atoms with Gasteiger partial charge in [0.2, 0.25) is 0 Å². The largest absolute Gasteiger partial charge is 0.381 e. The summed E-state index contributed by atoms with van der Waals surface area (Å²) in [5.41, 5.74) is 1.21. The van der Waals surface area contributed by atoms with Gasteiger partial charge in [-0.15, -0.1) is 0 Å². The summed E-state index contributed by atoms with van der Waals surface area (Å²) in [6.07, 6.45) is 2.49. The first-order valence-electron chi connectivity index (χ1n) is 6.21. The van der Waals surface area contributed by atoms with Crippen LogP contribution in [0.4, 0.5) is 0 Å². The maximum absolute atomic E-state index is 5.44. The Balaban J connectivity index is 1.49. The first-order chi connectivity index (χ1) is 7.20. The molecule has 0 aromatic rings. The van der Waals surface area contributed by atoms with Gasteiger partial charge in [-0.25, -0.2) is 0 Å². The van der Waals surface area contributed by atoms with Gasteiger partial charge < -0.3 is 15.0 Å². The lowest BCUT2D eigenvalue weighted by molar-refractivity contribution is -0.0768. The van der Waals surface area contributed by atoms with Gasteiger partial charge in [0, 0.05) is 51.4 Å². The number of hydrogen-bond donors (Lipinski definition) is 1. The van der Waals surface area contributed by atoms with Gasteiger partial charge >= 0.3 is 0 Å². The second kappa shape index (κ2) is 3.44. The number of hydrogen-bond acceptors (Lipinski definition) is 3. The zero-order chi connectivity index (χ0) is 10.4. The third-order valence-corrected chi connectivity index (χ3v) is 4.42. The Morgan fingerprint density at radius 1 is 1.20 bits per heavy atom. The fourth-order valence-corrected chi connectivity index (χ4v) is 3.28. The number of rotatable bonds is 2. The molecule has 3 heterocycles. The van der Waals surface area contributed by atoms with E-state index in [1.807, 2.05) is 0 Å². The molecule has 3 aliphatic heterocycles. The molecule has 0 saturated carbocycles. The van der Waals surface area contributed by atoms with Crippen LogP contribution in [0.5, 0.6) is 0 Å². The minimum atomic E-state index is 0.525. The number of nitrogens with one attached hydrogen (secondary N) is 1. The van der Waals surface area contributed by atoms with Gasteiger partial charge in [0.15, 0.2) is 0 Å². The smallest absolute Gasteiger partial charge is 0.0471 e. The molecule has 3 saturated heterocycles. The van der Waals surface area contributed by atoms with Crippen LogP contribution in [0.1, 0.15) is 19.8 Å². The molecular weight excluding hydrogens is 188 g/mol. The summed E-state index contributed by atoms with van der Waals surface area (Å²) in [7, 11) is 0. The van der Waals surface area contributed by atoms with Gasteiger partial charge in [-0.1, -0.05) is 6.92 Å². The molecule has 3 rings (SSSR count). The van der Waals surface area contributed by atoms with Crippen LogP contribution < -0.4 is 5.32 Å². The van der Waals surface area contributed by atoms with Crippen molar-refractivity contribution >= 4 is 0 Å². The van der Waals surface area contributed by atoms with Crippen LogP contribution in [0.25, 0.3) is 0 Å². The Morgan fingerprint density at radius 2 is 1.87 bits per heavy atom. The van der Waals surface area contributed by atoms with E-state index in [2.05, 4.69) is 17.1 Å². The number of likely N-dealkylation sites (tertiary alicyclic amines) is 1. The molecule has 3 nitrogen and oxygen atoms in total. The highest BCUT2D eigenvalue weighted by atomic mass is 16.5. The Labute approximate surface area is 92.2 Å². The van der Waals surface area contributed by atoms with Crippen LogP contribution in [-0.2, 0) is 4.74 Å². The van der Waals surface area contributed by atoms with Crippen molar-refractivity contribution in [3.05, 3.63) is 0 Å². The average molecular weight is 210 g/mol. The lowest BCUT2D eigenvalue weighted by Gasteiger charge is -2.58. The predicted molar refractivity (Wildman–Crippen MR) is 59.9 cm³/mol. The first kappa shape index (κ1) is 10.1. The molecule has 3 fully saturated rings. The van der Waals surface area contributed by atoms with Crippen LogP contribution in [-0.4, -0.2) is 50.8 Å². The zero-order valence-electron chi connectivity index (χ0n) is 9.72. The third-order valence-electron chi connectivity index (χ3n) is 4.42. The van der Waals surface area contributed by atoms with E-state index in [1.165, 1.54) is 45.6 Å². The Hall–Kier alpha value is -0.120. The topological polar surface area (TPSA) is 24.5 Å². The molecule has 0 atom stereocenters. The van der Waals surface area contributed by atoms with Gasteiger partial charge in [-0.2, -0.15) is 0 Å². The zero-order valence-corrected chi connectivity index (χ0v) is 9.72. The lowest BCUT2D eigenvalue weighted by atomic mass is 9.72. The highest BCUT2D eigenvalue weighted by Crippen LogP contribution is 2.38. The minimum Gasteiger partial charge on any atom is -0.381 e. The van der Waals surface area contributed by atoms with Crippen molar-refractivity contribution in [1.29, 1.82) is 0 Å². The third kappa shape index (κ3) is 1.81. The maximum Gasteiger partial charge on any atom is 0.0471 e. The first-order valence-corrected chi connectivity index (χ1v) is 6.21. The van der Waals surface area contributed by atoms with Crippen LogP contribution in [0.3, 0.4) is 0 Å². The maximum atomic E-state index is 5.44. The molecule has 0 bridgehead atoms. The molecule has 86 valence electrons. The SMILES string of the molecule is CC1(CN2CC3(CNC3)C2)CCOCC1. The van der Waals surface area contributed by atoms with Gasteiger partial charge in [0.1, 0.15) is 0 Å². The molecular formula is C12H22N2O. The van der Waals surface area contributed by atoms with Crippen molar-refractivity contribution in [2.75, 3.05) is 45.9 Å². The van der Waals surface area contributed by atoms with Crippen LogP contribution >= 0.6 is 0 Å². The summed E-state index contributed by atoms with van der Waals surface area (Å²) in [6, 6.07) is 0. The van der Waals surface area contributed by atoms with Crippen molar-refractivity contribution in [2.45, 2.75) is 19.8 Å². The Bertz CT molecular complexity index is 236. The van der Waals surface area contributed by atoms with Crippen molar-refractivity contribution < 1.29 is 4.74 Å². The molecule has 0 aromatic carbocycles. The van der Waals surface area contributed by atoms with Gasteiger partial charge in [-0.05, 0) is 18.3 Å². The molecule has 15 heavy (non-hydrogen) atoms. The van der Waals surface area contributed by atoms with E-state index >= 15 is 0 Å². The standard InChI is InChI=1S/C12H22N2O/c1-11(2-4-15-5-3-11)8-14-9-12(10-14)6-13-7-12/h13H,2-10H2,1H3. The average Bonchev–Trinajstić information content (AvgIpc) is 2.09. The summed E-state index contributed by atoms with van der Waals surface area (Å²) in [4.78, 5) is 2.64.